The average molecular weight is 269 g/mol. The summed E-state index contributed by atoms with van der Waals surface area (Å²) in [5.41, 5.74) is 5.73. The van der Waals surface area contributed by atoms with E-state index in [2.05, 4.69) is 18.7 Å². The highest BCUT2D eigenvalue weighted by Crippen LogP contribution is 2.21. The Kier molecular flexibility index (Phi) is 4.81. The summed E-state index contributed by atoms with van der Waals surface area (Å²) in [7, 11) is 0. The van der Waals surface area contributed by atoms with Crippen LogP contribution in [0.5, 0.6) is 0 Å². The zero-order chi connectivity index (χ0) is 14.0. The first kappa shape index (κ1) is 14.8. The minimum atomic E-state index is -0.386. The van der Waals surface area contributed by atoms with Crippen molar-refractivity contribution in [3.63, 3.8) is 0 Å². The Hall–Kier alpha value is -0.650. The van der Waals surface area contributed by atoms with Crippen LogP contribution in [0.25, 0.3) is 0 Å². The first-order valence-electron chi connectivity index (χ1n) is 7.41. The molecule has 4 atom stereocenters. The van der Waals surface area contributed by atoms with Gasteiger partial charge < -0.3 is 15.4 Å². The third-order valence-electron chi connectivity index (χ3n) is 4.01. The van der Waals surface area contributed by atoms with Crippen LogP contribution in [0.2, 0.25) is 0 Å². The molecule has 0 spiro atoms. The maximum atomic E-state index is 12.1. The molecule has 2 aliphatic heterocycles. The van der Waals surface area contributed by atoms with Crippen molar-refractivity contribution in [1.29, 1.82) is 0 Å². The van der Waals surface area contributed by atoms with Gasteiger partial charge in [-0.15, -0.1) is 0 Å². The molecule has 1 amide bonds. The summed E-state index contributed by atoms with van der Waals surface area (Å²) in [5, 5.41) is 0. The van der Waals surface area contributed by atoms with Gasteiger partial charge in [0.25, 0.3) is 0 Å². The van der Waals surface area contributed by atoms with Crippen molar-refractivity contribution in [2.75, 3.05) is 26.2 Å². The van der Waals surface area contributed by atoms with Crippen LogP contribution in [0.3, 0.4) is 0 Å². The molecule has 5 heteroatoms. The van der Waals surface area contributed by atoms with Gasteiger partial charge in [-0.1, -0.05) is 0 Å². The largest absolute Gasteiger partial charge is 0.373 e. The second-order valence-corrected chi connectivity index (χ2v) is 6.09. The van der Waals surface area contributed by atoms with Crippen LogP contribution in [0.4, 0.5) is 0 Å². The lowest BCUT2D eigenvalue weighted by Gasteiger charge is -2.38. The highest BCUT2D eigenvalue weighted by Gasteiger charge is 2.33. The molecule has 0 saturated carbocycles. The summed E-state index contributed by atoms with van der Waals surface area (Å²) < 4.78 is 5.75. The first-order chi connectivity index (χ1) is 8.97. The molecule has 0 unspecified atom stereocenters. The van der Waals surface area contributed by atoms with Crippen LogP contribution in [-0.2, 0) is 9.53 Å². The van der Waals surface area contributed by atoms with E-state index in [4.69, 9.17) is 10.5 Å². The van der Waals surface area contributed by atoms with Gasteiger partial charge in [0.05, 0.1) is 18.2 Å². The first-order valence-corrected chi connectivity index (χ1v) is 7.41. The number of hydrogen-bond donors (Lipinski definition) is 1. The van der Waals surface area contributed by atoms with Gasteiger partial charge in [-0.2, -0.15) is 0 Å². The molecule has 2 heterocycles. The Morgan fingerprint density at radius 3 is 2.58 bits per heavy atom. The minimum absolute atomic E-state index is 0.0943. The molecule has 2 rings (SSSR count). The Balaban J connectivity index is 1.92. The fourth-order valence-corrected chi connectivity index (χ4v) is 3.31. The van der Waals surface area contributed by atoms with E-state index < -0.39 is 0 Å². The molecule has 0 aliphatic carbocycles. The van der Waals surface area contributed by atoms with E-state index in [0.717, 1.165) is 39.0 Å². The van der Waals surface area contributed by atoms with E-state index >= 15 is 0 Å². The Bertz CT molecular complexity index is 312. The molecule has 0 radical (unpaired) electrons. The van der Waals surface area contributed by atoms with Gasteiger partial charge in [-0.3, -0.25) is 9.69 Å². The minimum Gasteiger partial charge on any atom is -0.373 e. The van der Waals surface area contributed by atoms with Gasteiger partial charge in [0.2, 0.25) is 5.91 Å². The van der Waals surface area contributed by atoms with Crippen molar-refractivity contribution in [1.82, 2.24) is 9.80 Å². The fraction of sp³-hybridized carbons (Fsp3) is 0.929. The summed E-state index contributed by atoms with van der Waals surface area (Å²) in [6.07, 6.45) is 2.75. The quantitative estimate of drug-likeness (QED) is 0.807. The summed E-state index contributed by atoms with van der Waals surface area (Å²) in [4.78, 5) is 16.5. The van der Waals surface area contributed by atoms with Crippen molar-refractivity contribution in [3.05, 3.63) is 0 Å². The number of ether oxygens (including phenoxy) is 1. The molecule has 2 fully saturated rings. The van der Waals surface area contributed by atoms with Crippen LogP contribution in [-0.4, -0.2) is 66.2 Å². The maximum absolute atomic E-state index is 12.1. The van der Waals surface area contributed by atoms with E-state index in [1.165, 1.54) is 0 Å². The average Bonchev–Trinajstić information content (AvgIpc) is 2.74. The van der Waals surface area contributed by atoms with Crippen molar-refractivity contribution in [3.8, 4) is 0 Å². The van der Waals surface area contributed by atoms with E-state index in [9.17, 15) is 4.79 Å². The van der Waals surface area contributed by atoms with Crippen molar-refractivity contribution < 1.29 is 9.53 Å². The molecule has 19 heavy (non-hydrogen) atoms. The molecule has 2 aliphatic rings. The SMILES string of the molecule is C[C@@H]1CN(C[C@@H]2CCCN2C(=O)[C@@H](C)N)C[C@H](C)O1. The highest BCUT2D eigenvalue weighted by molar-refractivity contribution is 5.81. The van der Waals surface area contributed by atoms with E-state index in [1.807, 2.05) is 4.90 Å². The third kappa shape index (κ3) is 3.68. The number of carbonyl (C=O) groups excluding carboxylic acids is 1. The molecular weight excluding hydrogens is 242 g/mol. The van der Waals surface area contributed by atoms with E-state index in [0.29, 0.717) is 6.04 Å². The number of hydrogen-bond acceptors (Lipinski definition) is 4. The lowest BCUT2D eigenvalue weighted by atomic mass is 10.1. The van der Waals surface area contributed by atoms with Crippen LogP contribution in [0, 0.1) is 0 Å². The van der Waals surface area contributed by atoms with Gasteiger partial charge >= 0.3 is 0 Å². The summed E-state index contributed by atoms with van der Waals surface area (Å²) in [5.74, 6) is 0.0943. The number of rotatable bonds is 3. The smallest absolute Gasteiger partial charge is 0.239 e. The van der Waals surface area contributed by atoms with Gasteiger partial charge in [0.15, 0.2) is 0 Å². The zero-order valence-corrected chi connectivity index (χ0v) is 12.3. The standard InChI is InChI=1S/C14H27N3O2/c1-10-7-16(8-11(2)19-10)9-13-5-4-6-17(13)14(18)12(3)15/h10-13H,4-9,15H2,1-3H3/t10-,11+,12-,13+/m1/s1. The van der Waals surface area contributed by atoms with Crippen LogP contribution < -0.4 is 5.73 Å². The topological polar surface area (TPSA) is 58.8 Å². The highest BCUT2D eigenvalue weighted by atomic mass is 16.5. The van der Waals surface area contributed by atoms with Gasteiger partial charge in [0, 0.05) is 32.2 Å². The Morgan fingerprint density at radius 1 is 1.37 bits per heavy atom. The van der Waals surface area contributed by atoms with Gasteiger partial charge in [-0.05, 0) is 33.6 Å². The Labute approximate surface area is 116 Å². The van der Waals surface area contributed by atoms with Crippen LogP contribution >= 0.6 is 0 Å². The monoisotopic (exact) mass is 269 g/mol. The lowest BCUT2D eigenvalue weighted by Crippen LogP contribution is -2.52. The second-order valence-electron chi connectivity index (χ2n) is 6.09. The molecule has 0 aromatic rings. The number of nitrogens with zero attached hydrogens (tertiary/aromatic N) is 2. The zero-order valence-electron chi connectivity index (χ0n) is 12.3. The molecule has 110 valence electrons. The number of nitrogens with two attached hydrogens (primary N) is 1. The number of carbonyl (C=O) groups is 1. The molecule has 0 aromatic heterocycles. The predicted molar refractivity (Wildman–Crippen MR) is 74.8 cm³/mol. The summed E-state index contributed by atoms with van der Waals surface area (Å²) in [6.45, 7) is 9.74. The number of morpholine rings is 1. The fourth-order valence-electron chi connectivity index (χ4n) is 3.31. The summed E-state index contributed by atoms with van der Waals surface area (Å²) >= 11 is 0. The van der Waals surface area contributed by atoms with Gasteiger partial charge in [0.1, 0.15) is 0 Å². The Morgan fingerprint density at radius 2 is 2.00 bits per heavy atom. The van der Waals surface area contributed by atoms with Crippen molar-refractivity contribution in [2.24, 2.45) is 5.73 Å². The molecule has 2 N–H and O–H groups in total. The van der Waals surface area contributed by atoms with Crippen LogP contribution in [0.1, 0.15) is 33.6 Å². The predicted octanol–water partition coefficient (Wildman–Crippen LogP) is 0.434. The molecule has 2 saturated heterocycles. The second kappa shape index (κ2) is 6.20. The van der Waals surface area contributed by atoms with Crippen molar-refractivity contribution in [2.45, 2.75) is 57.9 Å². The number of likely N-dealkylation sites (tertiary alicyclic amines) is 1. The van der Waals surface area contributed by atoms with Crippen molar-refractivity contribution >= 4 is 5.91 Å². The third-order valence-corrected chi connectivity index (χ3v) is 4.01. The molecule has 0 aromatic carbocycles. The molecule has 5 nitrogen and oxygen atoms in total. The van der Waals surface area contributed by atoms with Crippen LogP contribution in [0.15, 0.2) is 0 Å². The van der Waals surface area contributed by atoms with Gasteiger partial charge in [-0.25, -0.2) is 0 Å². The number of amides is 1. The van der Waals surface area contributed by atoms with E-state index in [-0.39, 0.29) is 24.2 Å². The lowest BCUT2D eigenvalue weighted by molar-refractivity contribution is -0.134. The summed E-state index contributed by atoms with van der Waals surface area (Å²) in [6, 6.07) is -0.0564. The maximum Gasteiger partial charge on any atom is 0.239 e. The van der Waals surface area contributed by atoms with E-state index in [1.54, 1.807) is 6.92 Å². The normalized spacial score (nSPS) is 34.5. The molecule has 0 bridgehead atoms. The molecular formula is C14H27N3O2.